The maximum absolute atomic E-state index is 13.6. The molecule has 206 valence electrons. The summed E-state index contributed by atoms with van der Waals surface area (Å²) in [7, 11) is -4.14. The number of halogens is 3. The van der Waals surface area contributed by atoms with Gasteiger partial charge in [0.2, 0.25) is 12.0 Å². The largest absolute Gasteiger partial charge is 0.371 e. The molecule has 1 aromatic heterocycles. The Hall–Kier alpha value is -3.09. The van der Waals surface area contributed by atoms with Crippen LogP contribution in [0, 0.1) is 12.3 Å². The van der Waals surface area contributed by atoms with Gasteiger partial charge in [0.15, 0.2) is 0 Å². The molecule has 9 nitrogen and oxygen atoms in total. The summed E-state index contributed by atoms with van der Waals surface area (Å²) in [5.74, 6) is -2.65. The van der Waals surface area contributed by atoms with E-state index in [0.717, 1.165) is 25.9 Å². The van der Waals surface area contributed by atoms with E-state index in [9.17, 15) is 26.4 Å². The molecule has 1 aliphatic carbocycles. The highest BCUT2D eigenvalue weighted by molar-refractivity contribution is 7.92. The molecular weight excluding hydrogens is 521 g/mol. The first-order valence-electron chi connectivity index (χ1n) is 12.7. The van der Waals surface area contributed by atoms with Crippen molar-refractivity contribution in [1.29, 1.82) is 0 Å². The predicted octanol–water partition coefficient (Wildman–Crippen LogP) is 4.32. The zero-order chi connectivity index (χ0) is 27.1. The van der Waals surface area contributed by atoms with Crippen LogP contribution in [-0.4, -0.2) is 62.4 Å². The quantitative estimate of drug-likeness (QED) is 0.527. The fourth-order valence-corrected chi connectivity index (χ4v) is 5.67. The van der Waals surface area contributed by atoms with Crippen molar-refractivity contribution in [3.8, 4) is 0 Å². The van der Waals surface area contributed by atoms with Crippen LogP contribution in [0.3, 0.4) is 0 Å². The second-order valence-electron chi connectivity index (χ2n) is 10.5. The summed E-state index contributed by atoms with van der Waals surface area (Å²) in [5.41, 5.74) is 1.99. The van der Waals surface area contributed by atoms with Crippen LogP contribution in [0.5, 0.6) is 0 Å². The van der Waals surface area contributed by atoms with E-state index in [1.807, 2.05) is 0 Å². The van der Waals surface area contributed by atoms with Crippen molar-refractivity contribution < 1.29 is 26.4 Å². The average Bonchev–Trinajstić information content (AvgIpc) is 3.62. The normalized spacial score (nSPS) is 20.3. The highest BCUT2D eigenvalue weighted by Gasteiger charge is 2.44. The lowest BCUT2D eigenvalue weighted by molar-refractivity contribution is -0.0222. The zero-order valence-corrected chi connectivity index (χ0v) is 22.0. The van der Waals surface area contributed by atoms with Crippen molar-refractivity contribution in [2.24, 2.45) is 5.41 Å². The lowest BCUT2D eigenvalue weighted by atomic mass is 9.93. The lowest BCUT2D eigenvalue weighted by Gasteiger charge is -2.35. The SMILES string of the molecule is Cc1cc(NC(=O)c2ccc(NS(=O)(=O)CF)cc2N2CCC3(CC2)CC3)nc(N2CCC(F)(F)CC2)n1. The first kappa shape index (κ1) is 26.5. The van der Waals surface area contributed by atoms with E-state index in [1.54, 1.807) is 24.0 Å². The van der Waals surface area contributed by atoms with Crippen molar-refractivity contribution in [1.82, 2.24) is 9.97 Å². The fraction of sp³-hybridized carbons (Fsp3) is 0.560. The molecule has 1 spiro atoms. The molecule has 2 N–H and O–H groups in total. The van der Waals surface area contributed by atoms with Crippen molar-refractivity contribution >= 4 is 39.1 Å². The minimum atomic E-state index is -4.14. The van der Waals surface area contributed by atoms with E-state index in [2.05, 4.69) is 24.9 Å². The molecule has 3 aliphatic rings. The monoisotopic (exact) mass is 552 g/mol. The predicted molar refractivity (Wildman–Crippen MR) is 139 cm³/mol. The van der Waals surface area contributed by atoms with Gasteiger partial charge in [-0.2, -0.15) is 4.98 Å². The van der Waals surface area contributed by atoms with Crippen LogP contribution in [0.2, 0.25) is 0 Å². The number of hydrogen-bond donors (Lipinski definition) is 2. The van der Waals surface area contributed by atoms with Crippen LogP contribution in [0.25, 0.3) is 0 Å². The van der Waals surface area contributed by atoms with Gasteiger partial charge < -0.3 is 15.1 Å². The molecule has 2 aromatic rings. The number of aromatic nitrogens is 2. The van der Waals surface area contributed by atoms with Crippen molar-refractivity contribution in [3.63, 3.8) is 0 Å². The number of rotatable bonds is 7. The Morgan fingerprint density at radius 3 is 2.26 bits per heavy atom. The van der Waals surface area contributed by atoms with Gasteiger partial charge in [-0.3, -0.25) is 9.52 Å². The van der Waals surface area contributed by atoms with Crippen LogP contribution in [0.15, 0.2) is 24.3 Å². The standard InChI is InChI=1S/C25H31F3N6O3S/c1-17-14-21(31-23(29-17)34-12-8-25(27,28)9-13-34)30-22(35)19-3-2-18(32-38(36,37)16-26)15-20(19)33-10-6-24(4-5-24)7-11-33/h2-3,14-15,32H,4-13,16H2,1H3,(H,29,30,31,35). The molecule has 0 bridgehead atoms. The van der Waals surface area contributed by atoms with Gasteiger partial charge in [0.05, 0.1) is 16.9 Å². The van der Waals surface area contributed by atoms with E-state index >= 15 is 0 Å². The van der Waals surface area contributed by atoms with Gasteiger partial charge in [0.1, 0.15) is 5.82 Å². The van der Waals surface area contributed by atoms with Gasteiger partial charge in [-0.25, -0.2) is 26.6 Å². The summed E-state index contributed by atoms with van der Waals surface area (Å²) < 4.78 is 65.9. The van der Waals surface area contributed by atoms with Gasteiger partial charge in [-0.1, -0.05) is 0 Å². The summed E-state index contributed by atoms with van der Waals surface area (Å²) in [4.78, 5) is 25.9. The van der Waals surface area contributed by atoms with E-state index in [1.165, 1.54) is 25.0 Å². The van der Waals surface area contributed by atoms with Gasteiger partial charge in [-0.05, 0) is 56.2 Å². The zero-order valence-electron chi connectivity index (χ0n) is 21.1. The first-order valence-corrected chi connectivity index (χ1v) is 14.4. The van der Waals surface area contributed by atoms with Crippen LogP contribution in [0.4, 0.5) is 36.3 Å². The third-order valence-corrected chi connectivity index (χ3v) is 8.48. The molecule has 2 saturated heterocycles. The van der Waals surface area contributed by atoms with Crippen LogP contribution in [0.1, 0.15) is 54.6 Å². The summed E-state index contributed by atoms with van der Waals surface area (Å²) in [6.45, 7) is 3.39. The molecule has 1 aromatic carbocycles. The molecule has 1 amide bonds. The molecular formula is C25H31F3N6O3S. The minimum absolute atomic E-state index is 0.112. The van der Waals surface area contributed by atoms with Crippen LogP contribution < -0.4 is 19.8 Å². The molecule has 38 heavy (non-hydrogen) atoms. The number of amides is 1. The number of anilines is 4. The second kappa shape index (κ2) is 9.90. The molecule has 0 unspecified atom stereocenters. The maximum atomic E-state index is 13.6. The van der Waals surface area contributed by atoms with Gasteiger partial charge in [-0.15, -0.1) is 0 Å². The number of nitrogens with one attached hydrogen (secondary N) is 2. The topological polar surface area (TPSA) is 108 Å². The number of benzene rings is 1. The summed E-state index contributed by atoms with van der Waals surface area (Å²) in [6, 6.07) is 4.52. The Bertz CT molecular complexity index is 1320. The molecule has 1 saturated carbocycles. The number of hydrogen-bond acceptors (Lipinski definition) is 7. The van der Waals surface area contributed by atoms with Gasteiger partial charge >= 0.3 is 0 Å². The minimum Gasteiger partial charge on any atom is -0.371 e. The molecule has 2 aliphatic heterocycles. The number of alkyl halides is 3. The van der Waals surface area contributed by atoms with Crippen LogP contribution in [-0.2, 0) is 10.0 Å². The summed E-state index contributed by atoms with van der Waals surface area (Å²) >= 11 is 0. The maximum Gasteiger partial charge on any atom is 0.262 e. The highest BCUT2D eigenvalue weighted by Crippen LogP contribution is 2.54. The second-order valence-corrected chi connectivity index (χ2v) is 12.2. The molecule has 0 atom stereocenters. The molecule has 13 heteroatoms. The fourth-order valence-electron chi connectivity index (χ4n) is 5.13. The van der Waals surface area contributed by atoms with E-state index in [0.29, 0.717) is 22.4 Å². The Labute approximate surface area is 219 Å². The molecule has 3 fully saturated rings. The summed E-state index contributed by atoms with van der Waals surface area (Å²) in [5, 5.41) is 2.79. The van der Waals surface area contributed by atoms with Crippen molar-refractivity contribution in [2.75, 3.05) is 52.0 Å². The van der Waals surface area contributed by atoms with Crippen molar-refractivity contribution in [2.45, 2.75) is 51.4 Å². The molecule has 5 rings (SSSR count). The number of piperidine rings is 2. The number of carbonyl (C=O) groups excluding carboxylic acids is 1. The molecule has 3 heterocycles. The number of carbonyl (C=O) groups is 1. The Morgan fingerprint density at radius 1 is 0.974 bits per heavy atom. The van der Waals surface area contributed by atoms with Crippen LogP contribution >= 0.6 is 0 Å². The number of nitrogens with zero attached hydrogens (tertiary/aromatic N) is 4. The third-order valence-electron chi connectivity index (χ3n) is 7.64. The Kier molecular flexibility index (Phi) is 6.91. The summed E-state index contributed by atoms with van der Waals surface area (Å²) in [6.07, 6.45) is 3.80. The van der Waals surface area contributed by atoms with E-state index < -0.39 is 27.9 Å². The number of aryl methyl sites for hydroxylation is 1. The van der Waals surface area contributed by atoms with Gasteiger partial charge in [0.25, 0.3) is 21.9 Å². The average molecular weight is 553 g/mol. The Morgan fingerprint density at radius 2 is 1.63 bits per heavy atom. The Balaban J connectivity index is 1.39. The van der Waals surface area contributed by atoms with Gasteiger partial charge in [0, 0.05) is 50.8 Å². The van der Waals surface area contributed by atoms with E-state index in [4.69, 9.17) is 0 Å². The lowest BCUT2D eigenvalue weighted by Crippen LogP contribution is -2.40. The third kappa shape index (κ3) is 5.97. The molecule has 0 radical (unpaired) electrons. The smallest absolute Gasteiger partial charge is 0.262 e. The van der Waals surface area contributed by atoms with Crippen molar-refractivity contribution in [3.05, 3.63) is 35.5 Å². The van der Waals surface area contributed by atoms with E-state index in [-0.39, 0.29) is 43.4 Å². The number of sulfonamides is 1. The highest BCUT2D eigenvalue weighted by atomic mass is 32.2. The first-order chi connectivity index (χ1) is 18.0.